The van der Waals surface area contributed by atoms with E-state index in [-0.39, 0.29) is 15.9 Å². The van der Waals surface area contributed by atoms with E-state index < -0.39 is 5.41 Å². The highest BCUT2D eigenvalue weighted by molar-refractivity contribution is 6.64. The molecule has 15 heavy (non-hydrogen) atoms. The fourth-order valence-electron chi connectivity index (χ4n) is 1.25. The molecule has 0 aromatic carbocycles. The van der Waals surface area contributed by atoms with Crippen molar-refractivity contribution in [2.45, 2.75) is 47.0 Å². The maximum atomic E-state index is 11.3. The lowest BCUT2D eigenvalue weighted by Gasteiger charge is -2.38. The van der Waals surface area contributed by atoms with Crippen molar-refractivity contribution in [2.75, 3.05) is 0 Å². The van der Waals surface area contributed by atoms with Crippen LogP contribution < -0.4 is 0 Å². The van der Waals surface area contributed by atoms with Crippen LogP contribution >= 0.6 is 23.2 Å². The molecular weight excluding hydrogens is 235 g/mol. The molecule has 0 saturated heterocycles. The molecule has 0 aromatic rings. The second-order valence-corrected chi connectivity index (χ2v) is 5.76. The minimum atomic E-state index is -0.593. The first kappa shape index (κ1) is 14.9. The highest BCUT2D eigenvalue weighted by Crippen LogP contribution is 2.43. The average Bonchev–Trinajstić information content (AvgIpc) is 2.02. The molecule has 0 fully saturated rings. The molecular formula is C11H18Cl2O2. The third kappa shape index (κ3) is 4.12. The van der Waals surface area contributed by atoms with E-state index in [2.05, 4.69) is 0 Å². The van der Waals surface area contributed by atoms with Crippen molar-refractivity contribution < 1.29 is 9.59 Å². The zero-order valence-electron chi connectivity index (χ0n) is 9.69. The second-order valence-electron chi connectivity index (χ2n) is 4.99. The molecule has 0 aliphatic carbocycles. The van der Waals surface area contributed by atoms with Crippen molar-refractivity contribution in [3.63, 3.8) is 0 Å². The van der Waals surface area contributed by atoms with Gasteiger partial charge < -0.3 is 0 Å². The van der Waals surface area contributed by atoms with Crippen LogP contribution in [0.25, 0.3) is 0 Å². The minimum absolute atomic E-state index is 0.238. The molecule has 0 aliphatic rings. The van der Waals surface area contributed by atoms with Gasteiger partial charge in [-0.2, -0.15) is 0 Å². The predicted molar refractivity (Wildman–Crippen MR) is 63.1 cm³/mol. The smallest absolute Gasteiger partial charge is 0.227 e. The van der Waals surface area contributed by atoms with E-state index in [1.54, 1.807) is 0 Å². The van der Waals surface area contributed by atoms with E-state index in [4.69, 9.17) is 23.2 Å². The SMILES string of the molecule is CC(C)(CCCC(=O)Cl)C(C)(C)C(=O)Cl. The Hall–Kier alpha value is -0.0800. The summed E-state index contributed by atoms with van der Waals surface area (Å²) in [7, 11) is 0. The van der Waals surface area contributed by atoms with Gasteiger partial charge >= 0.3 is 0 Å². The molecule has 0 atom stereocenters. The summed E-state index contributed by atoms with van der Waals surface area (Å²) < 4.78 is 0. The zero-order valence-corrected chi connectivity index (χ0v) is 11.2. The summed E-state index contributed by atoms with van der Waals surface area (Å²) >= 11 is 10.8. The number of hydrogen-bond donors (Lipinski definition) is 0. The van der Waals surface area contributed by atoms with Gasteiger partial charge in [-0.15, -0.1) is 0 Å². The molecule has 0 rings (SSSR count). The quantitative estimate of drug-likeness (QED) is 0.676. The van der Waals surface area contributed by atoms with Crippen molar-refractivity contribution in [2.24, 2.45) is 10.8 Å². The first-order valence-corrected chi connectivity index (χ1v) is 5.75. The minimum Gasteiger partial charge on any atom is -0.281 e. The normalized spacial score (nSPS) is 12.7. The van der Waals surface area contributed by atoms with Gasteiger partial charge in [0.2, 0.25) is 10.5 Å². The summed E-state index contributed by atoms with van der Waals surface area (Å²) in [5.74, 6) is 0. The molecule has 0 unspecified atom stereocenters. The van der Waals surface area contributed by atoms with Crippen molar-refractivity contribution >= 4 is 33.7 Å². The predicted octanol–water partition coefficient (Wildman–Crippen LogP) is 3.74. The van der Waals surface area contributed by atoms with Gasteiger partial charge in [0.1, 0.15) is 0 Å². The summed E-state index contributed by atoms with van der Waals surface area (Å²) in [5.41, 5.74) is -0.831. The Labute approximate surface area is 101 Å². The Morgan fingerprint density at radius 1 is 1.07 bits per heavy atom. The van der Waals surface area contributed by atoms with Gasteiger partial charge in [-0.3, -0.25) is 9.59 Å². The fraction of sp³-hybridized carbons (Fsp3) is 0.818. The number of carbonyl (C=O) groups excluding carboxylic acids is 2. The molecule has 0 spiro atoms. The summed E-state index contributed by atoms with van der Waals surface area (Å²) in [6.45, 7) is 7.60. The van der Waals surface area contributed by atoms with Gasteiger partial charge in [0.15, 0.2) is 0 Å². The van der Waals surface area contributed by atoms with Crippen LogP contribution in [0.15, 0.2) is 0 Å². The highest BCUT2D eigenvalue weighted by Gasteiger charge is 2.41. The Kier molecular flexibility index (Phi) is 5.28. The Morgan fingerprint density at radius 3 is 1.87 bits per heavy atom. The molecule has 0 aliphatic heterocycles. The van der Waals surface area contributed by atoms with Crippen LogP contribution in [-0.4, -0.2) is 10.5 Å². The second kappa shape index (κ2) is 5.31. The lowest BCUT2D eigenvalue weighted by Crippen LogP contribution is -2.37. The Balaban J connectivity index is 4.41. The van der Waals surface area contributed by atoms with Crippen LogP contribution in [-0.2, 0) is 9.59 Å². The van der Waals surface area contributed by atoms with E-state index in [1.807, 2.05) is 27.7 Å². The van der Waals surface area contributed by atoms with Crippen molar-refractivity contribution in [1.82, 2.24) is 0 Å². The van der Waals surface area contributed by atoms with Crippen LogP contribution in [0.4, 0.5) is 0 Å². The van der Waals surface area contributed by atoms with E-state index in [0.717, 1.165) is 6.42 Å². The highest BCUT2D eigenvalue weighted by atomic mass is 35.5. The fourth-order valence-corrected chi connectivity index (χ4v) is 1.64. The topological polar surface area (TPSA) is 34.1 Å². The molecule has 0 heterocycles. The third-order valence-corrected chi connectivity index (χ3v) is 4.02. The molecule has 0 saturated carbocycles. The molecule has 4 heteroatoms. The molecule has 0 radical (unpaired) electrons. The molecule has 88 valence electrons. The first-order valence-electron chi connectivity index (χ1n) is 4.99. The van der Waals surface area contributed by atoms with E-state index >= 15 is 0 Å². The number of halogens is 2. The van der Waals surface area contributed by atoms with Gasteiger partial charge in [-0.25, -0.2) is 0 Å². The number of hydrogen-bond acceptors (Lipinski definition) is 2. The standard InChI is InChI=1S/C11H18Cl2O2/c1-10(2,7-5-6-8(12)14)11(3,4)9(13)15/h5-7H2,1-4H3. The largest absolute Gasteiger partial charge is 0.281 e. The summed E-state index contributed by atoms with van der Waals surface area (Å²) in [5, 5.41) is -0.675. The lowest BCUT2D eigenvalue weighted by atomic mass is 9.66. The van der Waals surface area contributed by atoms with Gasteiger partial charge in [0, 0.05) is 11.8 Å². The van der Waals surface area contributed by atoms with Crippen LogP contribution in [0.2, 0.25) is 0 Å². The van der Waals surface area contributed by atoms with Crippen molar-refractivity contribution in [1.29, 1.82) is 0 Å². The summed E-state index contributed by atoms with van der Waals surface area (Å²) in [4.78, 5) is 21.9. The first-order chi connectivity index (χ1) is 6.61. The van der Waals surface area contributed by atoms with Crippen LogP contribution in [0.3, 0.4) is 0 Å². The van der Waals surface area contributed by atoms with Crippen molar-refractivity contribution in [3.05, 3.63) is 0 Å². The van der Waals surface area contributed by atoms with E-state index in [1.165, 1.54) is 0 Å². The van der Waals surface area contributed by atoms with Crippen LogP contribution in [0.1, 0.15) is 47.0 Å². The van der Waals surface area contributed by atoms with Crippen LogP contribution in [0.5, 0.6) is 0 Å². The lowest BCUT2D eigenvalue weighted by molar-refractivity contribution is -0.124. The third-order valence-electron chi connectivity index (χ3n) is 3.36. The van der Waals surface area contributed by atoms with E-state index in [9.17, 15) is 9.59 Å². The van der Waals surface area contributed by atoms with Gasteiger partial charge in [0.25, 0.3) is 0 Å². The average molecular weight is 253 g/mol. The van der Waals surface area contributed by atoms with Gasteiger partial charge in [-0.1, -0.05) is 27.7 Å². The Morgan fingerprint density at radius 2 is 1.53 bits per heavy atom. The number of rotatable bonds is 6. The summed E-state index contributed by atoms with van der Waals surface area (Å²) in [6, 6.07) is 0. The molecule has 2 nitrogen and oxygen atoms in total. The van der Waals surface area contributed by atoms with Crippen molar-refractivity contribution in [3.8, 4) is 0 Å². The maximum Gasteiger partial charge on any atom is 0.227 e. The molecule has 0 aromatic heterocycles. The molecule has 0 amide bonds. The Bertz CT molecular complexity index is 257. The van der Waals surface area contributed by atoms with Crippen LogP contribution in [0, 0.1) is 10.8 Å². The summed E-state index contributed by atoms with van der Waals surface area (Å²) in [6.07, 6.45) is 1.78. The molecule has 0 bridgehead atoms. The van der Waals surface area contributed by atoms with E-state index in [0.29, 0.717) is 12.8 Å². The number of carbonyl (C=O) groups is 2. The maximum absolute atomic E-state index is 11.3. The van der Waals surface area contributed by atoms with Gasteiger partial charge in [-0.05, 0) is 41.5 Å². The zero-order chi connectivity index (χ0) is 12.3. The van der Waals surface area contributed by atoms with Gasteiger partial charge in [0.05, 0.1) is 0 Å². The molecule has 0 N–H and O–H groups in total. The monoisotopic (exact) mass is 252 g/mol.